The number of methoxy groups -OCH3 is 1. The average Bonchev–Trinajstić information content (AvgIpc) is 2.06. The highest BCUT2D eigenvalue weighted by Gasteiger charge is 2.21. The van der Waals surface area contributed by atoms with Gasteiger partial charge in [-0.2, -0.15) is 0 Å². The van der Waals surface area contributed by atoms with E-state index >= 15 is 0 Å². The van der Waals surface area contributed by atoms with Gasteiger partial charge in [0.2, 0.25) is 0 Å². The highest BCUT2D eigenvalue weighted by Crippen LogP contribution is 2.05. The molecule has 0 saturated carbocycles. The molecule has 98 valence electrons. The van der Waals surface area contributed by atoms with Crippen molar-refractivity contribution in [1.82, 2.24) is 0 Å². The second kappa shape index (κ2) is 7.21. The summed E-state index contributed by atoms with van der Waals surface area (Å²) in [4.78, 5) is 0. The fourth-order valence-electron chi connectivity index (χ4n) is 1.26. The van der Waals surface area contributed by atoms with Gasteiger partial charge >= 0.3 is 0 Å². The smallest absolute Gasteiger partial charge is 0.152 e. The first-order chi connectivity index (χ1) is 7.27. The molecule has 0 aromatic heterocycles. The number of rotatable bonds is 9. The summed E-state index contributed by atoms with van der Waals surface area (Å²) in [5.74, 6) is 0.138. The van der Waals surface area contributed by atoms with E-state index in [9.17, 15) is 8.42 Å². The van der Waals surface area contributed by atoms with Crippen molar-refractivity contribution in [2.45, 2.75) is 25.8 Å². The van der Waals surface area contributed by atoms with E-state index in [0.717, 1.165) is 0 Å². The quantitative estimate of drug-likeness (QED) is 0.594. The van der Waals surface area contributed by atoms with Crippen LogP contribution in [0.4, 0.5) is 0 Å². The Morgan fingerprint density at radius 3 is 2.31 bits per heavy atom. The predicted molar refractivity (Wildman–Crippen MR) is 64.2 cm³/mol. The first kappa shape index (κ1) is 15.8. The van der Waals surface area contributed by atoms with Crippen molar-refractivity contribution in [3.05, 3.63) is 0 Å². The third-order valence-electron chi connectivity index (χ3n) is 1.77. The molecule has 0 aromatic rings. The molecule has 0 aliphatic rings. The molecule has 6 heteroatoms. The summed E-state index contributed by atoms with van der Waals surface area (Å²) < 4.78 is 33.1. The SMILES string of the molecule is COCCOCCCS(=O)(=O)CC(C)(C)N. The van der Waals surface area contributed by atoms with E-state index in [0.29, 0.717) is 26.2 Å². The van der Waals surface area contributed by atoms with Gasteiger partial charge in [-0.1, -0.05) is 0 Å². The minimum Gasteiger partial charge on any atom is -0.382 e. The molecule has 0 saturated heterocycles. The zero-order valence-corrected chi connectivity index (χ0v) is 11.2. The van der Waals surface area contributed by atoms with Crippen molar-refractivity contribution in [1.29, 1.82) is 0 Å². The first-order valence-electron chi connectivity index (χ1n) is 5.33. The van der Waals surface area contributed by atoms with Crippen molar-refractivity contribution >= 4 is 9.84 Å². The molecule has 0 rings (SSSR count). The van der Waals surface area contributed by atoms with Gasteiger partial charge in [0.15, 0.2) is 9.84 Å². The van der Waals surface area contributed by atoms with Crippen LogP contribution < -0.4 is 5.73 Å². The molecule has 0 bridgehead atoms. The molecule has 0 fully saturated rings. The van der Waals surface area contributed by atoms with Crippen molar-refractivity contribution in [3.63, 3.8) is 0 Å². The molecule has 2 N–H and O–H groups in total. The van der Waals surface area contributed by atoms with Crippen LogP contribution >= 0.6 is 0 Å². The summed E-state index contributed by atoms with van der Waals surface area (Å²) in [6.45, 7) is 4.88. The van der Waals surface area contributed by atoms with E-state index in [1.165, 1.54) is 0 Å². The lowest BCUT2D eigenvalue weighted by Gasteiger charge is -2.18. The largest absolute Gasteiger partial charge is 0.382 e. The maximum Gasteiger partial charge on any atom is 0.152 e. The summed E-state index contributed by atoms with van der Waals surface area (Å²) in [5, 5.41) is 0. The van der Waals surface area contributed by atoms with Gasteiger partial charge < -0.3 is 15.2 Å². The summed E-state index contributed by atoms with van der Waals surface area (Å²) in [5.41, 5.74) is 4.99. The monoisotopic (exact) mass is 253 g/mol. The van der Waals surface area contributed by atoms with E-state index in [1.807, 2.05) is 0 Å². The third-order valence-corrected chi connectivity index (χ3v) is 3.86. The summed E-state index contributed by atoms with van der Waals surface area (Å²) in [7, 11) is -1.47. The highest BCUT2D eigenvalue weighted by atomic mass is 32.2. The molecule has 0 aliphatic carbocycles. The first-order valence-corrected chi connectivity index (χ1v) is 7.15. The van der Waals surface area contributed by atoms with E-state index in [2.05, 4.69) is 0 Å². The average molecular weight is 253 g/mol. The fourth-order valence-corrected chi connectivity index (χ4v) is 3.10. The second-order valence-electron chi connectivity index (χ2n) is 4.54. The Kier molecular flexibility index (Phi) is 7.14. The molecule has 0 amide bonds. The minimum atomic E-state index is -3.07. The Hall–Kier alpha value is -0.170. The van der Waals surface area contributed by atoms with Crippen molar-refractivity contribution in [2.24, 2.45) is 5.73 Å². The summed E-state index contributed by atoms with van der Waals surface area (Å²) >= 11 is 0. The van der Waals surface area contributed by atoms with Crippen LogP contribution in [0.2, 0.25) is 0 Å². The van der Waals surface area contributed by atoms with Crippen LogP contribution in [0, 0.1) is 0 Å². The number of hydrogen-bond donors (Lipinski definition) is 1. The van der Waals surface area contributed by atoms with E-state index < -0.39 is 15.4 Å². The summed E-state index contributed by atoms with van der Waals surface area (Å²) in [6.07, 6.45) is 0.502. The van der Waals surface area contributed by atoms with Gasteiger partial charge in [0.25, 0.3) is 0 Å². The molecule has 0 spiro atoms. The molecular weight excluding hydrogens is 230 g/mol. The van der Waals surface area contributed by atoms with Crippen LogP contribution in [0.15, 0.2) is 0 Å². The van der Waals surface area contributed by atoms with Crippen molar-refractivity contribution < 1.29 is 17.9 Å². The number of hydrogen-bond acceptors (Lipinski definition) is 5. The van der Waals surface area contributed by atoms with Crippen molar-refractivity contribution in [2.75, 3.05) is 38.4 Å². The van der Waals surface area contributed by atoms with Gasteiger partial charge in [-0.15, -0.1) is 0 Å². The normalized spacial score (nSPS) is 13.0. The van der Waals surface area contributed by atoms with Crippen LogP contribution in [-0.2, 0) is 19.3 Å². The van der Waals surface area contributed by atoms with Crippen LogP contribution in [0.3, 0.4) is 0 Å². The van der Waals surface area contributed by atoms with E-state index in [-0.39, 0.29) is 11.5 Å². The van der Waals surface area contributed by atoms with Gasteiger partial charge in [0.1, 0.15) is 0 Å². The van der Waals surface area contributed by atoms with Gasteiger partial charge in [0, 0.05) is 19.3 Å². The molecule has 0 radical (unpaired) electrons. The Morgan fingerprint density at radius 1 is 1.19 bits per heavy atom. The molecule has 5 nitrogen and oxygen atoms in total. The Morgan fingerprint density at radius 2 is 1.81 bits per heavy atom. The van der Waals surface area contributed by atoms with Crippen LogP contribution in [0.5, 0.6) is 0 Å². The molecule has 16 heavy (non-hydrogen) atoms. The zero-order chi connectivity index (χ0) is 12.7. The Bertz CT molecular complexity index is 269. The van der Waals surface area contributed by atoms with Crippen LogP contribution in [-0.4, -0.2) is 52.4 Å². The lowest BCUT2D eigenvalue weighted by atomic mass is 10.1. The molecule has 0 heterocycles. The van der Waals surface area contributed by atoms with Gasteiger partial charge in [-0.3, -0.25) is 0 Å². The van der Waals surface area contributed by atoms with Crippen LogP contribution in [0.1, 0.15) is 20.3 Å². The third kappa shape index (κ3) is 10.4. The predicted octanol–water partition coefficient (Wildman–Crippen LogP) is 0.192. The number of nitrogens with two attached hydrogens (primary N) is 1. The maximum atomic E-state index is 11.6. The fraction of sp³-hybridized carbons (Fsp3) is 1.00. The lowest BCUT2D eigenvalue weighted by molar-refractivity contribution is 0.0712. The molecular formula is C10H23NO4S. The standard InChI is InChI=1S/C10H23NO4S/c1-10(2,11)9-16(12,13)8-4-5-15-7-6-14-3/h4-9,11H2,1-3H3. The minimum absolute atomic E-state index is 0.0120. The van der Waals surface area contributed by atoms with Crippen LogP contribution in [0.25, 0.3) is 0 Å². The second-order valence-corrected chi connectivity index (χ2v) is 6.72. The zero-order valence-electron chi connectivity index (χ0n) is 10.4. The van der Waals surface area contributed by atoms with Gasteiger partial charge in [-0.25, -0.2) is 8.42 Å². The molecule has 0 aromatic carbocycles. The highest BCUT2D eigenvalue weighted by molar-refractivity contribution is 7.91. The van der Waals surface area contributed by atoms with Crippen molar-refractivity contribution in [3.8, 4) is 0 Å². The van der Waals surface area contributed by atoms with Gasteiger partial charge in [0.05, 0.1) is 24.7 Å². The molecule has 0 unspecified atom stereocenters. The number of sulfone groups is 1. The van der Waals surface area contributed by atoms with Gasteiger partial charge in [-0.05, 0) is 20.3 Å². The van der Waals surface area contributed by atoms with E-state index in [4.69, 9.17) is 15.2 Å². The topological polar surface area (TPSA) is 78.6 Å². The summed E-state index contributed by atoms with van der Waals surface area (Å²) in [6, 6.07) is 0. The Balaban J connectivity index is 3.68. The van der Waals surface area contributed by atoms with E-state index in [1.54, 1.807) is 21.0 Å². The Labute approximate surface area is 98.2 Å². The molecule has 0 atom stereocenters. The lowest BCUT2D eigenvalue weighted by Crippen LogP contribution is -2.40. The molecule has 0 aliphatic heterocycles. The number of ether oxygens (including phenoxy) is 2. The maximum absolute atomic E-state index is 11.6.